The third-order valence-electron chi connectivity index (χ3n) is 6.90. The van der Waals surface area contributed by atoms with E-state index in [0.29, 0.717) is 5.92 Å². The topological polar surface area (TPSA) is 90.0 Å². The first-order valence-electron chi connectivity index (χ1n) is 12.4. The first-order valence-corrected chi connectivity index (χ1v) is 12.4. The van der Waals surface area contributed by atoms with E-state index in [4.69, 9.17) is 0 Å². The Balaban J connectivity index is 3.17. The molecule has 0 aliphatic carbocycles. The molecule has 2 N–H and O–H groups in total. The van der Waals surface area contributed by atoms with Gasteiger partial charge in [0.15, 0.2) is 0 Å². The van der Waals surface area contributed by atoms with Gasteiger partial charge in [0.05, 0.1) is 12.1 Å². The van der Waals surface area contributed by atoms with Crippen LogP contribution in [0.15, 0.2) is 11.6 Å². The number of carboxylic acids is 1. The number of likely N-dealkylation sites (N-methyl/N-ethyl adjacent to an activating group) is 1. The van der Waals surface area contributed by atoms with Gasteiger partial charge in [0.25, 0.3) is 0 Å². The maximum absolute atomic E-state index is 13.6. The van der Waals surface area contributed by atoms with Crippen LogP contribution in [0.2, 0.25) is 0 Å². The molecule has 1 fully saturated rings. The second-order valence-electron chi connectivity index (χ2n) is 11.3. The van der Waals surface area contributed by atoms with Crippen LogP contribution in [-0.4, -0.2) is 70.4 Å². The second-order valence-corrected chi connectivity index (χ2v) is 11.3. The van der Waals surface area contributed by atoms with E-state index in [1.807, 2.05) is 34.6 Å². The third-order valence-corrected chi connectivity index (χ3v) is 6.90. The summed E-state index contributed by atoms with van der Waals surface area (Å²) in [7, 11) is 1.69. The number of nitrogens with one attached hydrogen (secondary N) is 1. The lowest BCUT2D eigenvalue weighted by Gasteiger charge is -2.43. The second kappa shape index (κ2) is 12.0. The van der Waals surface area contributed by atoms with Gasteiger partial charge in [-0.25, -0.2) is 4.79 Å². The van der Waals surface area contributed by atoms with Crippen LogP contribution < -0.4 is 5.32 Å². The van der Waals surface area contributed by atoms with Crippen LogP contribution in [0.3, 0.4) is 0 Å². The quantitative estimate of drug-likeness (QED) is 0.504. The molecule has 1 heterocycles. The maximum atomic E-state index is 13.6. The number of carboxylic acid groups (broad SMARTS) is 1. The summed E-state index contributed by atoms with van der Waals surface area (Å²) in [6.45, 7) is 18.6. The Kier molecular flexibility index (Phi) is 10.6. The predicted molar refractivity (Wildman–Crippen MR) is 133 cm³/mol. The SMILES string of the molecule is CC[C@H]1CC[C@@H](C(=O)N[C@H](C(=O)N(C)[C@H](/C=C(\C)C(=O)O)C(C)C)C(C)(C)C)N(C(C)C)C1. The van der Waals surface area contributed by atoms with Crippen molar-refractivity contribution in [2.45, 2.75) is 106 Å². The molecule has 0 radical (unpaired) electrons. The zero-order chi connectivity index (χ0) is 25.7. The number of carbonyl (C=O) groups excluding carboxylic acids is 2. The van der Waals surface area contributed by atoms with Crippen molar-refractivity contribution in [2.75, 3.05) is 13.6 Å². The fourth-order valence-electron chi connectivity index (χ4n) is 4.58. The van der Waals surface area contributed by atoms with Gasteiger partial charge in [-0.2, -0.15) is 0 Å². The Labute approximate surface area is 201 Å². The van der Waals surface area contributed by atoms with Gasteiger partial charge in [0, 0.05) is 25.2 Å². The Hall–Kier alpha value is -1.89. The molecule has 0 aromatic carbocycles. The molecular weight excluding hydrogens is 418 g/mol. The van der Waals surface area contributed by atoms with E-state index in [2.05, 4.69) is 31.0 Å². The lowest BCUT2D eigenvalue weighted by atomic mass is 9.84. The summed E-state index contributed by atoms with van der Waals surface area (Å²) in [4.78, 5) is 42.3. The molecule has 1 rings (SSSR count). The molecular formula is C26H47N3O4. The molecule has 0 saturated carbocycles. The summed E-state index contributed by atoms with van der Waals surface area (Å²) in [6.07, 6.45) is 4.53. The van der Waals surface area contributed by atoms with Gasteiger partial charge in [-0.15, -0.1) is 0 Å². The molecule has 1 aliphatic rings. The number of hydrogen-bond acceptors (Lipinski definition) is 4. The molecule has 1 saturated heterocycles. The van der Waals surface area contributed by atoms with Gasteiger partial charge in [0.1, 0.15) is 6.04 Å². The first-order chi connectivity index (χ1) is 15.1. The minimum Gasteiger partial charge on any atom is -0.478 e. The third kappa shape index (κ3) is 7.83. The average Bonchev–Trinajstić information content (AvgIpc) is 2.72. The number of likely N-dealkylation sites (tertiary alicyclic amines) is 1. The number of piperidine rings is 1. The lowest BCUT2D eigenvalue weighted by Crippen LogP contribution is -2.61. The van der Waals surface area contributed by atoms with E-state index in [1.54, 1.807) is 18.0 Å². The zero-order valence-corrected chi connectivity index (χ0v) is 22.4. The van der Waals surface area contributed by atoms with Gasteiger partial charge in [-0.1, -0.05) is 54.0 Å². The number of aliphatic carboxylic acids is 1. The Morgan fingerprint density at radius 2 is 1.73 bits per heavy atom. The molecule has 0 bridgehead atoms. The van der Waals surface area contributed by atoms with Crippen molar-refractivity contribution in [1.82, 2.24) is 15.1 Å². The fraction of sp³-hybridized carbons (Fsp3) is 0.808. The first kappa shape index (κ1) is 29.1. The van der Waals surface area contributed by atoms with Crippen LogP contribution in [0, 0.1) is 17.3 Å². The van der Waals surface area contributed by atoms with Crippen molar-refractivity contribution in [3.8, 4) is 0 Å². The summed E-state index contributed by atoms with van der Waals surface area (Å²) < 4.78 is 0. The van der Waals surface area contributed by atoms with E-state index in [1.165, 1.54) is 6.92 Å². The molecule has 33 heavy (non-hydrogen) atoms. The Bertz CT molecular complexity index is 724. The zero-order valence-electron chi connectivity index (χ0n) is 22.4. The summed E-state index contributed by atoms with van der Waals surface area (Å²) in [5.41, 5.74) is -0.304. The van der Waals surface area contributed by atoms with E-state index < -0.39 is 17.4 Å². The highest BCUT2D eigenvalue weighted by Crippen LogP contribution is 2.28. The minimum atomic E-state index is -1.00. The normalized spacial score (nSPS) is 22.2. The summed E-state index contributed by atoms with van der Waals surface area (Å²) in [5, 5.41) is 12.4. The number of nitrogens with zero attached hydrogens (tertiary/aromatic N) is 2. The van der Waals surface area contributed by atoms with E-state index in [-0.39, 0.29) is 41.4 Å². The molecule has 0 aromatic rings. The van der Waals surface area contributed by atoms with E-state index >= 15 is 0 Å². The fourth-order valence-corrected chi connectivity index (χ4v) is 4.58. The molecule has 7 nitrogen and oxygen atoms in total. The average molecular weight is 466 g/mol. The Morgan fingerprint density at radius 3 is 2.15 bits per heavy atom. The molecule has 4 atom stereocenters. The highest BCUT2D eigenvalue weighted by atomic mass is 16.4. The standard InChI is InChI=1S/C26H47N3O4/c1-11-19-12-13-20(29(15-19)17(4)5)23(30)27-22(26(7,8)9)24(31)28(10)21(16(2)3)14-18(6)25(32)33/h14,16-17,19-22H,11-13,15H2,1-10H3,(H,27,30)(H,32,33)/b18-14+/t19-,20-,21+,22+/m0/s1. The van der Waals surface area contributed by atoms with Crippen LogP contribution in [-0.2, 0) is 14.4 Å². The molecule has 0 aromatic heterocycles. The monoisotopic (exact) mass is 465 g/mol. The van der Waals surface area contributed by atoms with E-state index in [9.17, 15) is 19.5 Å². The lowest BCUT2D eigenvalue weighted by molar-refractivity contribution is -0.142. The van der Waals surface area contributed by atoms with Crippen LogP contribution in [0.25, 0.3) is 0 Å². The smallest absolute Gasteiger partial charge is 0.331 e. The summed E-state index contributed by atoms with van der Waals surface area (Å²) in [5.74, 6) is -0.691. The summed E-state index contributed by atoms with van der Waals surface area (Å²) >= 11 is 0. The van der Waals surface area contributed by atoms with Crippen LogP contribution in [0.1, 0.15) is 81.6 Å². The van der Waals surface area contributed by atoms with E-state index in [0.717, 1.165) is 25.8 Å². The van der Waals surface area contributed by atoms with Crippen molar-refractivity contribution in [2.24, 2.45) is 17.3 Å². The number of rotatable bonds is 9. The van der Waals surface area contributed by atoms with Gasteiger partial charge in [-0.05, 0) is 50.9 Å². The molecule has 0 spiro atoms. The van der Waals surface area contributed by atoms with Gasteiger partial charge in [0.2, 0.25) is 11.8 Å². The van der Waals surface area contributed by atoms with Crippen molar-refractivity contribution in [3.63, 3.8) is 0 Å². The van der Waals surface area contributed by atoms with Crippen molar-refractivity contribution >= 4 is 17.8 Å². The van der Waals surface area contributed by atoms with Crippen molar-refractivity contribution in [1.29, 1.82) is 0 Å². The van der Waals surface area contributed by atoms with Crippen LogP contribution >= 0.6 is 0 Å². The Morgan fingerprint density at radius 1 is 1.15 bits per heavy atom. The molecule has 7 heteroatoms. The van der Waals surface area contributed by atoms with Gasteiger partial charge < -0.3 is 15.3 Å². The number of carbonyl (C=O) groups is 3. The maximum Gasteiger partial charge on any atom is 0.331 e. The predicted octanol–water partition coefficient (Wildman–Crippen LogP) is 3.93. The highest BCUT2D eigenvalue weighted by Gasteiger charge is 2.40. The van der Waals surface area contributed by atoms with Gasteiger partial charge in [-0.3, -0.25) is 14.5 Å². The van der Waals surface area contributed by atoms with Gasteiger partial charge >= 0.3 is 5.97 Å². The molecule has 2 amide bonds. The van der Waals surface area contributed by atoms with Crippen molar-refractivity contribution in [3.05, 3.63) is 11.6 Å². The molecule has 1 aliphatic heterocycles. The highest BCUT2D eigenvalue weighted by molar-refractivity contribution is 5.91. The van der Waals surface area contributed by atoms with Crippen LogP contribution in [0.4, 0.5) is 0 Å². The molecule has 0 unspecified atom stereocenters. The minimum absolute atomic E-state index is 0.0188. The number of hydrogen-bond donors (Lipinski definition) is 2. The summed E-state index contributed by atoms with van der Waals surface area (Å²) in [6, 6.07) is -1.10. The molecule has 190 valence electrons. The number of amides is 2. The van der Waals surface area contributed by atoms with Crippen LogP contribution in [0.5, 0.6) is 0 Å². The largest absolute Gasteiger partial charge is 0.478 e. The van der Waals surface area contributed by atoms with Crippen molar-refractivity contribution < 1.29 is 19.5 Å².